The van der Waals surface area contributed by atoms with E-state index in [2.05, 4.69) is 10.1 Å². The molecule has 1 aromatic rings. The summed E-state index contributed by atoms with van der Waals surface area (Å²) in [5.74, 6) is -0.232. The third-order valence-corrected chi connectivity index (χ3v) is 2.54. The standard InChI is InChI=1S/C13H18F3NO2/c1-3-10(2)17-8-9-18-11-6-4-5-7-12(11)19-13(14,15)16/h4-7,10,17H,3,8-9H2,1-2H3. The zero-order valence-corrected chi connectivity index (χ0v) is 11.0. The third kappa shape index (κ3) is 6.33. The molecular formula is C13H18F3NO2. The van der Waals surface area contributed by atoms with E-state index in [4.69, 9.17) is 4.74 Å². The van der Waals surface area contributed by atoms with Crippen molar-refractivity contribution >= 4 is 0 Å². The zero-order valence-electron chi connectivity index (χ0n) is 11.0. The smallest absolute Gasteiger partial charge is 0.488 e. The quantitative estimate of drug-likeness (QED) is 0.775. The molecule has 0 aliphatic heterocycles. The molecule has 0 spiro atoms. The summed E-state index contributed by atoms with van der Waals surface area (Å²) in [6.07, 6.45) is -3.73. The molecule has 0 bridgehead atoms. The van der Waals surface area contributed by atoms with Crippen molar-refractivity contribution in [3.63, 3.8) is 0 Å². The van der Waals surface area contributed by atoms with Crippen LogP contribution < -0.4 is 14.8 Å². The monoisotopic (exact) mass is 277 g/mol. The molecule has 1 aromatic carbocycles. The third-order valence-electron chi connectivity index (χ3n) is 2.54. The van der Waals surface area contributed by atoms with E-state index in [9.17, 15) is 13.2 Å². The second-order valence-electron chi connectivity index (χ2n) is 4.11. The van der Waals surface area contributed by atoms with Crippen LogP contribution in [0.5, 0.6) is 11.5 Å². The lowest BCUT2D eigenvalue weighted by Gasteiger charge is -2.15. The van der Waals surface area contributed by atoms with Crippen molar-refractivity contribution in [3.05, 3.63) is 24.3 Å². The van der Waals surface area contributed by atoms with Crippen molar-refractivity contribution in [3.8, 4) is 11.5 Å². The molecule has 0 fully saturated rings. The number of para-hydroxylation sites is 2. The van der Waals surface area contributed by atoms with Crippen LogP contribution in [0.1, 0.15) is 20.3 Å². The minimum Gasteiger partial charge on any atom is -0.488 e. The summed E-state index contributed by atoms with van der Waals surface area (Å²) in [5.41, 5.74) is 0. The second kappa shape index (κ2) is 7.23. The first-order chi connectivity index (χ1) is 8.92. The molecule has 1 atom stereocenters. The zero-order chi connectivity index (χ0) is 14.3. The number of alkyl halides is 3. The molecule has 108 valence electrons. The van der Waals surface area contributed by atoms with Gasteiger partial charge in [-0.25, -0.2) is 0 Å². The molecule has 1 rings (SSSR count). The van der Waals surface area contributed by atoms with Crippen LogP contribution in [-0.2, 0) is 0 Å². The van der Waals surface area contributed by atoms with Gasteiger partial charge in [0.25, 0.3) is 0 Å². The molecule has 0 heterocycles. The van der Waals surface area contributed by atoms with E-state index in [1.807, 2.05) is 13.8 Å². The molecule has 1 unspecified atom stereocenters. The highest BCUT2D eigenvalue weighted by Gasteiger charge is 2.32. The van der Waals surface area contributed by atoms with Gasteiger partial charge in [0.15, 0.2) is 11.5 Å². The normalized spacial score (nSPS) is 13.1. The van der Waals surface area contributed by atoms with Crippen molar-refractivity contribution in [2.75, 3.05) is 13.2 Å². The van der Waals surface area contributed by atoms with Crippen LogP contribution in [0.25, 0.3) is 0 Å². The number of nitrogens with one attached hydrogen (secondary N) is 1. The van der Waals surface area contributed by atoms with Crippen LogP contribution in [0.4, 0.5) is 13.2 Å². The number of halogens is 3. The van der Waals surface area contributed by atoms with Gasteiger partial charge < -0.3 is 14.8 Å². The average molecular weight is 277 g/mol. The van der Waals surface area contributed by atoms with Gasteiger partial charge in [0, 0.05) is 12.6 Å². The Balaban J connectivity index is 2.49. The van der Waals surface area contributed by atoms with Gasteiger partial charge in [0.2, 0.25) is 0 Å². The minimum atomic E-state index is -4.71. The summed E-state index contributed by atoms with van der Waals surface area (Å²) >= 11 is 0. The molecule has 3 nitrogen and oxygen atoms in total. The second-order valence-corrected chi connectivity index (χ2v) is 4.11. The number of benzene rings is 1. The van der Waals surface area contributed by atoms with Crippen molar-refractivity contribution in [2.45, 2.75) is 32.7 Å². The predicted octanol–water partition coefficient (Wildman–Crippen LogP) is 3.35. The van der Waals surface area contributed by atoms with Crippen molar-refractivity contribution in [1.29, 1.82) is 0 Å². The summed E-state index contributed by atoms with van der Waals surface area (Å²) in [6, 6.07) is 6.09. The Kier molecular flexibility index (Phi) is 5.95. The Morgan fingerprint density at radius 1 is 1.21 bits per heavy atom. The Bertz CT molecular complexity index is 382. The van der Waals surface area contributed by atoms with Crippen LogP contribution in [0.15, 0.2) is 24.3 Å². The van der Waals surface area contributed by atoms with Crippen molar-refractivity contribution in [1.82, 2.24) is 5.32 Å². The molecule has 0 aromatic heterocycles. The summed E-state index contributed by atoms with van der Waals surface area (Å²) in [6.45, 7) is 4.92. The van der Waals surface area contributed by atoms with Gasteiger partial charge in [-0.3, -0.25) is 0 Å². The maximum absolute atomic E-state index is 12.2. The van der Waals surface area contributed by atoms with Gasteiger partial charge in [0.1, 0.15) is 6.61 Å². The molecule has 0 saturated heterocycles. The Morgan fingerprint density at radius 3 is 2.42 bits per heavy atom. The molecule has 0 radical (unpaired) electrons. The minimum absolute atomic E-state index is 0.0887. The molecular weight excluding hydrogens is 259 g/mol. The summed E-state index contributed by atoms with van der Waals surface area (Å²) in [5, 5.41) is 3.18. The first-order valence-corrected chi connectivity index (χ1v) is 6.13. The summed E-state index contributed by atoms with van der Waals surface area (Å²) in [4.78, 5) is 0. The average Bonchev–Trinajstić information content (AvgIpc) is 2.34. The molecule has 6 heteroatoms. The fourth-order valence-corrected chi connectivity index (χ4v) is 1.39. The maximum atomic E-state index is 12.2. The van der Waals surface area contributed by atoms with Crippen LogP contribution in [0.3, 0.4) is 0 Å². The highest BCUT2D eigenvalue weighted by molar-refractivity contribution is 5.39. The summed E-state index contributed by atoms with van der Waals surface area (Å²) < 4.78 is 45.7. The van der Waals surface area contributed by atoms with E-state index in [1.54, 1.807) is 6.07 Å². The number of ether oxygens (including phenoxy) is 2. The molecule has 0 saturated carbocycles. The molecule has 0 amide bonds. The molecule has 1 N–H and O–H groups in total. The molecule has 0 aliphatic rings. The van der Waals surface area contributed by atoms with E-state index in [0.29, 0.717) is 12.6 Å². The fourth-order valence-electron chi connectivity index (χ4n) is 1.39. The van der Waals surface area contributed by atoms with Crippen molar-refractivity contribution < 1.29 is 22.6 Å². The largest absolute Gasteiger partial charge is 0.573 e. The SMILES string of the molecule is CCC(C)NCCOc1ccccc1OC(F)(F)F. The number of rotatable bonds is 7. The Labute approximate surface area is 110 Å². The van der Waals surface area contributed by atoms with Crippen molar-refractivity contribution in [2.24, 2.45) is 0 Å². The first-order valence-electron chi connectivity index (χ1n) is 6.13. The van der Waals surface area contributed by atoms with Gasteiger partial charge in [-0.2, -0.15) is 0 Å². The molecule has 0 aliphatic carbocycles. The number of hydrogen-bond donors (Lipinski definition) is 1. The van der Waals surface area contributed by atoms with E-state index < -0.39 is 6.36 Å². The van der Waals surface area contributed by atoms with Gasteiger partial charge in [0.05, 0.1) is 0 Å². The fraction of sp³-hybridized carbons (Fsp3) is 0.538. The molecule has 19 heavy (non-hydrogen) atoms. The van der Waals surface area contributed by atoms with Gasteiger partial charge in [-0.15, -0.1) is 13.2 Å². The highest BCUT2D eigenvalue weighted by Crippen LogP contribution is 2.31. The van der Waals surface area contributed by atoms with E-state index in [0.717, 1.165) is 6.42 Å². The lowest BCUT2D eigenvalue weighted by Crippen LogP contribution is -2.29. The van der Waals surface area contributed by atoms with E-state index in [-0.39, 0.29) is 18.1 Å². The van der Waals surface area contributed by atoms with E-state index in [1.165, 1.54) is 18.2 Å². The topological polar surface area (TPSA) is 30.5 Å². The maximum Gasteiger partial charge on any atom is 0.573 e. The lowest BCUT2D eigenvalue weighted by atomic mass is 10.3. The van der Waals surface area contributed by atoms with Gasteiger partial charge in [-0.1, -0.05) is 19.1 Å². The number of hydrogen-bond acceptors (Lipinski definition) is 3. The van der Waals surface area contributed by atoms with E-state index >= 15 is 0 Å². The summed E-state index contributed by atoms with van der Waals surface area (Å²) in [7, 11) is 0. The van der Waals surface area contributed by atoms with Crippen LogP contribution >= 0.6 is 0 Å². The Hall–Kier alpha value is -1.43. The van der Waals surface area contributed by atoms with Crippen LogP contribution in [0, 0.1) is 0 Å². The van der Waals surface area contributed by atoms with Crippen LogP contribution in [0.2, 0.25) is 0 Å². The van der Waals surface area contributed by atoms with Gasteiger partial charge >= 0.3 is 6.36 Å². The van der Waals surface area contributed by atoms with Crippen LogP contribution in [-0.4, -0.2) is 25.6 Å². The van der Waals surface area contributed by atoms with Gasteiger partial charge in [-0.05, 0) is 25.5 Å². The Morgan fingerprint density at radius 2 is 1.84 bits per heavy atom. The lowest BCUT2D eigenvalue weighted by molar-refractivity contribution is -0.275. The highest BCUT2D eigenvalue weighted by atomic mass is 19.4. The first kappa shape index (κ1) is 15.6. The predicted molar refractivity (Wildman–Crippen MR) is 66.4 cm³/mol.